The number of nitrogens with two attached hydrogens (primary N) is 1. The predicted molar refractivity (Wildman–Crippen MR) is 95.0 cm³/mol. The Hall–Kier alpha value is -2.59. The molecular formula is C17H20N6O3. The summed E-state index contributed by atoms with van der Waals surface area (Å²) in [6.45, 7) is 0.402. The molecule has 1 aliphatic heterocycles. The molecule has 4 rings (SSSR count). The van der Waals surface area contributed by atoms with Gasteiger partial charge in [-0.2, -0.15) is 0 Å². The summed E-state index contributed by atoms with van der Waals surface area (Å²) in [6.07, 6.45) is -2.23. The number of hydrogen-bond acceptors (Lipinski definition) is 8. The molecule has 2 aromatic heterocycles. The first kappa shape index (κ1) is 16.9. The predicted octanol–water partition coefficient (Wildman–Crippen LogP) is -0.0859. The lowest BCUT2D eigenvalue weighted by Gasteiger charge is -2.19. The van der Waals surface area contributed by atoms with E-state index in [1.54, 1.807) is 11.6 Å². The van der Waals surface area contributed by atoms with E-state index in [2.05, 4.69) is 20.3 Å². The molecule has 1 aromatic carbocycles. The second kappa shape index (κ2) is 6.61. The number of benzene rings is 1. The summed E-state index contributed by atoms with van der Waals surface area (Å²) in [5.74, 6) is 0.778. The summed E-state index contributed by atoms with van der Waals surface area (Å²) in [4.78, 5) is 12.9. The minimum atomic E-state index is -1.13. The number of nitrogen functional groups attached to an aromatic ring is 1. The van der Waals surface area contributed by atoms with E-state index < -0.39 is 24.5 Å². The van der Waals surface area contributed by atoms with Crippen LogP contribution in [0.15, 0.2) is 36.7 Å². The average molecular weight is 356 g/mol. The van der Waals surface area contributed by atoms with Gasteiger partial charge in [-0.3, -0.25) is 4.57 Å². The Morgan fingerprint density at radius 3 is 2.69 bits per heavy atom. The maximum Gasteiger partial charge on any atom is 0.168 e. The summed E-state index contributed by atoms with van der Waals surface area (Å²) in [5, 5.41) is 23.9. The normalized spacial score (nSPS) is 25.8. The van der Waals surface area contributed by atoms with Crippen molar-refractivity contribution >= 4 is 17.0 Å². The zero-order chi connectivity index (χ0) is 18.3. The first-order chi connectivity index (χ1) is 12.6. The Morgan fingerprint density at radius 2 is 1.96 bits per heavy atom. The molecule has 0 aliphatic carbocycles. The van der Waals surface area contributed by atoms with Crippen molar-refractivity contribution in [2.75, 3.05) is 19.3 Å². The van der Waals surface area contributed by atoms with Crippen molar-refractivity contribution in [3.8, 4) is 11.4 Å². The van der Waals surface area contributed by atoms with Gasteiger partial charge >= 0.3 is 0 Å². The summed E-state index contributed by atoms with van der Waals surface area (Å²) < 4.78 is 7.61. The van der Waals surface area contributed by atoms with Gasteiger partial charge in [0.15, 0.2) is 23.2 Å². The third kappa shape index (κ3) is 2.61. The largest absolute Gasteiger partial charge is 0.387 e. The van der Waals surface area contributed by atoms with Crippen LogP contribution in [0.4, 0.5) is 5.82 Å². The number of hydrogen-bond donors (Lipinski definition) is 4. The maximum absolute atomic E-state index is 10.6. The molecule has 0 spiro atoms. The van der Waals surface area contributed by atoms with Crippen molar-refractivity contribution in [2.24, 2.45) is 0 Å². The van der Waals surface area contributed by atoms with E-state index in [0.717, 1.165) is 5.56 Å². The quantitative estimate of drug-likeness (QED) is 0.510. The van der Waals surface area contributed by atoms with E-state index in [4.69, 9.17) is 10.5 Å². The molecule has 1 fully saturated rings. The van der Waals surface area contributed by atoms with Gasteiger partial charge in [0.2, 0.25) is 0 Å². The fourth-order valence-electron chi connectivity index (χ4n) is 3.27. The smallest absolute Gasteiger partial charge is 0.168 e. The van der Waals surface area contributed by atoms with Gasteiger partial charge in [-0.25, -0.2) is 15.0 Å². The maximum atomic E-state index is 10.6. The highest BCUT2D eigenvalue weighted by Gasteiger charge is 2.45. The summed E-state index contributed by atoms with van der Waals surface area (Å²) >= 11 is 0. The van der Waals surface area contributed by atoms with E-state index in [9.17, 15) is 10.2 Å². The van der Waals surface area contributed by atoms with E-state index in [1.165, 1.54) is 6.33 Å². The van der Waals surface area contributed by atoms with Crippen molar-refractivity contribution in [1.82, 2.24) is 24.8 Å². The third-order valence-corrected chi connectivity index (χ3v) is 4.53. The van der Waals surface area contributed by atoms with Gasteiger partial charge in [-0.1, -0.05) is 30.3 Å². The fourth-order valence-corrected chi connectivity index (χ4v) is 3.27. The Bertz CT molecular complexity index is 916. The molecule has 0 bridgehead atoms. The number of nitrogens with zero attached hydrogens (tertiary/aromatic N) is 4. The number of aromatic nitrogens is 4. The zero-order valence-corrected chi connectivity index (χ0v) is 14.1. The van der Waals surface area contributed by atoms with Crippen molar-refractivity contribution in [3.05, 3.63) is 36.7 Å². The lowest BCUT2D eigenvalue weighted by atomic mass is 10.1. The number of ether oxygens (including phenoxy) is 1. The molecule has 26 heavy (non-hydrogen) atoms. The molecule has 3 heterocycles. The standard InChI is InChI=1S/C17H20N6O3/c1-19-7-10-12(24)13(25)17(26-10)23-15(9-5-3-2-4-6-9)22-11-14(18)20-8-21-16(11)23/h2-6,8,10,12-13,17,19,24-25H,7H2,1H3,(H2,18,20,21)/t10-,12?,13?,17-/m1/s1. The number of imidazole rings is 1. The number of rotatable bonds is 4. The van der Waals surface area contributed by atoms with Crippen LogP contribution in [0.2, 0.25) is 0 Å². The second-order valence-electron chi connectivity index (χ2n) is 6.21. The topological polar surface area (TPSA) is 131 Å². The van der Waals surface area contributed by atoms with Crippen LogP contribution >= 0.6 is 0 Å². The van der Waals surface area contributed by atoms with Crippen LogP contribution in [-0.4, -0.2) is 61.6 Å². The zero-order valence-electron chi connectivity index (χ0n) is 14.1. The van der Waals surface area contributed by atoms with Crippen molar-refractivity contribution in [2.45, 2.75) is 24.5 Å². The first-order valence-electron chi connectivity index (χ1n) is 8.32. The van der Waals surface area contributed by atoms with Gasteiger partial charge < -0.3 is 26.0 Å². The monoisotopic (exact) mass is 356 g/mol. The highest BCUT2D eigenvalue weighted by Crippen LogP contribution is 2.36. The Labute approximate surface area is 149 Å². The highest BCUT2D eigenvalue weighted by atomic mass is 16.6. The highest BCUT2D eigenvalue weighted by molar-refractivity contribution is 5.85. The molecule has 1 aliphatic rings. The minimum Gasteiger partial charge on any atom is -0.387 e. The van der Waals surface area contributed by atoms with Crippen LogP contribution in [0.3, 0.4) is 0 Å². The van der Waals surface area contributed by atoms with Crippen LogP contribution in [0.5, 0.6) is 0 Å². The van der Waals surface area contributed by atoms with Crippen LogP contribution in [0, 0.1) is 0 Å². The van der Waals surface area contributed by atoms with Crippen LogP contribution < -0.4 is 11.1 Å². The Kier molecular flexibility index (Phi) is 4.29. The summed E-state index contributed by atoms with van der Waals surface area (Å²) in [6, 6.07) is 9.46. The van der Waals surface area contributed by atoms with Gasteiger partial charge in [-0.05, 0) is 7.05 Å². The molecule has 4 atom stereocenters. The van der Waals surface area contributed by atoms with Gasteiger partial charge in [-0.15, -0.1) is 0 Å². The number of nitrogens with one attached hydrogen (secondary N) is 1. The Morgan fingerprint density at radius 1 is 1.19 bits per heavy atom. The molecule has 0 amide bonds. The van der Waals surface area contributed by atoms with Crippen molar-refractivity contribution in [1.29, 1.82) is 0 Å². The number of aliphatic hydroxyl groups excluding tert-OH is 2. The second-order valence-corrected chi connectivity index (χ2v) is 6.21. The molecule has 0 radical (unpaired) electrons. The molecule has 136 valence electrons. The minimum absolute atomic E-state index is 0.241. The number of aliphatic hydroxyl groups is 2. The molecular weight excluding hydrogens is 336 g/mol. The number of fused-ring (bicyclic) bond motifs is 1. The van der Waals surface area contributed by atoms with Crippen LogP contribution in [0.1, 0.15) is 6.23 Å². The van der Waals surface area contributed by atoms with Crippen molar-refractivity contribution in [3.63, 3.8) is 0 Å². The molecule has 5 N–H and O–H groups in total. The average Bonchev–Trinajstić information content (AvgIpc) is 3.17. The van der Waals surface area contributed by atoms with Crippen LogP contribution in [0.25, 0.3) is 22.6 Å². The molecule has 2 unspecified atom stereocenters. The molecule has 3 aromatic rings. The molecule has 9 nitrogen and oxygen atoms in total. The molecule has 0 saturated carbocycles. The fraction of sp³-hybridized carbons (Fsp3) is 0.353. The number of likely N-dealkylation sites (N-methyl/N-ethyl adjacent to an activating group) is 1. The van der Waals surface area contributed by atoms with E-state index in [-0.39, 0.29) is 5.82 Å². The number of anilines is 1. The van der Waals surface area contributed by atoms with Gasteiger partial charge in [0.05, 0.1) is 0 Å². The lowest BCUT2D eigenvalue weighted by Crippen LogP contribution is -2.36. The van der Waals surface area contributed by atoms with E-state index in [0.29, 0.717) is 23.5 Å². The van der Waals surface area contributed by atoms with E-state index in [1.807, 2.05) is 30.3 Å². The lowest BCUT2D eigenvalue weighted by molar-refractivity contribution is -0.0327. The Balaban J connectivity index is 1.90. The first-order valence-corrected chi connectivity index (χ1v) is 8.32. The summed E-state index contributed by atoms with van der Waals surface area (Å²) in [5.41, 5.74) is 7.64. The van der Waals surface area contributed by atoms with Gasteiger partial charge in [0.1, 0.15) is 30.5 Å². The van der Waals surface area contributed by atoms with Crippen LogP contribution in [-0.2, 0) is 4.74 Å². The third-order valence-electron chi connectivity index (χ3n) is 4.53. The summed E-state index contributed by atoms with van der Waals surface area (Å²) in [7, 11) is 1.76. The molecule has 9 heteroatoms. The van der Waals surface area contributed by atoms with Crippen molar-refractivity contribution < 1.29 is 14.9 Å². The van der Waals surface area contributed by atoms with Gasteiger partial charge in [0, 0.05) is 12.1 Å². The van der Waals surface area contributed by atoms with Gasteiger partial charge in [0.25, 0.3) is 0 Å². The SMILES string of the molecule is CNC[C@H]1O[C@@H](n2c(-c3ccccc3)nc3c(N)ncnc32)C(O)C1O. The molecule has 1 saturated heterocycles. The van der Waals surface area contributed by atoms with E-state index >= 15 is 0 Å².